The summed E-state index contributed by atoms with van der Waals surface area (Å²) in [6.07, 6.45) is 8.61. The monoisotopic (exact) mass is 396 g/mol. The normalized spacial score (nSPS) is 11.8. The summed E-state index contributed by atoms with van der Waals surface area (Å²) < 4.78 is 11.2. The third-order valence-corrected chi connectivity index (χ3v) is 5.27. The Morgan fingerprint density at radius 2 is 1.41 bits per heavy atom. The van der Waals surface area contributed by atoms with Gasteiger partial charge in [0.05, 0.1) is 18.8 Å². The van der Waals surface area contributed by atoms with Gasteiger partial charge in [0.1, 0.15) is 5.75 Å². The highest BCUT2D eigenvalue weighted by atomic mass is 16.5. The average molecular weight is 397 g/mol. The van der Waals surface area contributed by atoms with Gasteiger partial charge in [0.25, 0.3) is 0 Å². The predicted molar refractivity (Wildman–Crippen MR) is 120 cm³/mol. The standard InChI is InChI=1S/C26H36O3/c1-4-6-7-8-9-10-19-28-25-17-15-23(16-18-25)22-11-13-24(14-12-22)26(27)29-20-21(3)5-2/h11-18,21H,4-10,19-20H2,1-3H3/t21-/m1/s1. The summed E-state index contributed by atoms with van der Waals surface area (Å²) in [5.41, 5.74) is 2.78. The predicted octanol–water partition coefficient (Wildman–Crippen LogP) is 7.30. The van der Waals surface area contributed by atoms with Crippen LogP contribution in [-0.2, 0) is 4.74 Å². The van der Waals surface area contributed by atoms with Crippen molar-refractivity contribution in [3.63, 3.8) is 0 Å². The number of esters is 1. The summed E-state index contributed by atoms with van der Waals surface area (Å²) in [6.45, 7) is 7.66. The van der Waals surface area contributed by atoms with Gasteiger partial charge in [-0.2, -0.15) is 0 Å². The van der Waals surface area contributed by atoms with Gasteiger partial charge in [-0.05, 0) is 47.7 Å². The van der Waals surface area contributed by atoms with Crippen molar-refractivity contribution >= 4 is 5.97 Å². The summed E-state index contributed by atoms with van der Waals surface area (Å²) in [5.74, 6) is 1.04. The molecule has 0 spiro atoms. The van der Waals surface area contributed by atoms with Crippen LogP contribution in [-0.4, -0.2) is 19.2 Å². The van der Waals surface area contributed by atoms with Crippen LogP contribution < -0.4 is 4.74 Å². The van der Waals surface area contributed by atoms with E-state index in [0.29, 0.717) is 18.1 Å². The number of ether oxygens (including phenoxy) is 2. The number of hydrogen-bond donors (Lipinski definition) is 0. The lowest BCUT2D eigenvalue weighted by Crippen LogP contribution is -2.11. The molecular formula is C26H36O3. The summed E-state index contributed by atoms with van der Waals surface area (Å²) in [6, 6.07) is 15.7. The van der Waals surface area contributed by atoms with E-state index < -0.39 is 0 Å². The molecule has 0 unspecified atom stereocenters. The molecule has 0 heterocycles. The highest BCUT2D eigenvalue weighted by molar-refractivity contribution is 5.90. The summed E-state index contributed by atoms with van der Waals surface area (Å²) in [4.78, 5) is 12.1. The van der Waals surface area contributed by atoms with Crippen molar-refractivity contribution in [1.29, 1.82) is 0 Å². The molecule has 0 aliphatic carbocycles. The summed E-state index contributed by atoms with van der Waals surface area (Å²) in [7, 11) is 0. The SMILES string of the molecule is CCCCCCCCOc1ccc(-c2ccc(C(=O)OC[C@H](C)CC)cc2)cc1. The second kappa shape index (κ2) is 13.0. The molecule has 0 saturated carbocycles. The minimum Gasteiger partial charge on any atom is -0.494 e. The van der Waals surface area contributed by atoms with Gasteiger partial charge < -0.3 is 9.47 Å². The van der Waals surface area contributed by atoms with E-state index in [1.54, 1.807) is 0 Å². The number of unbranched alkanes of at least 4 members (excludes halogenated alkanes) is 5. The maximum atomic E-state index is 12.1. The molecule has 0 N–H and O–H groups in total. The fourth-order valence-electron chi connectivity index (χ4n) is 3.03. The molecule has 1 atom stereocenters. The van der Waals surface area contributed by atoms with Crippen LogP contribution in [0.3, 0.4) is 0 Å². The van der Waals surface area contributed by atoms with Crippen molar-refractivity contribution in [3.05, 3.63) is 54.1 Å². The first-order valence-electron chi connectivity index (χ1n) is 11.1. The van der Waals surface area contributed by atoms with Crippen LogP contribution >= 0.6 is 0 Å². The van der Waals surface area contributed by atoms with Crippen LogP contribution in [0.25, 0.3) is 11.1 Å². The maximum Gasteiger partial charge on any atom is 0.338 e. The van der Waals surface area contributed by atoms with Crippen LogP contribution in [0.5, 0.6) is 5.75 Å². The van der Waals surface area contributed by atoms with Gasteiger partial charge in [-0.1, -0.05) is 83.6 Å². The van der Waals surface area contributed by atoms with E-state index in [0.717, 1.165) is 36.3 Å². The molecule has 2 rings (SSSR count). The van der Waals surface area contributed by atoms with E-state index >= 15 is 0 Å². The van der Waals surface area contributed by atoms with E-state index in [2.05, 4.69) is 32.9 Å². The zero-order valence-corrected chi connectivity index (χ0v) is 18.3. The molecule has 0 radical (unpaired) electrons. The van der Waals surface area contributed by atoms with Gasteiger partial charge in [0.15, 0.2) is 0 Å². The lowest BCUT2D eigenvalue weighted by molar-refractivity contribution is 0.0447. The molecule has 29 heavy (non-hydrogen) atoms. The maximum absolute atomic E-state index is 12.1. The fourth-order valence-corrected chi connectivity index (χ4v) is 3.03. The van der Waals surface area contributed by atoms with E-state index in [4.69, 9.17) is 9.47 Å². The Bertz CT molecular complexity index is 704. The quantitative estimate of drug-likeness (QED) is 0.263. The van der Waals surface area contributed by atoms with E-state index in [9.17, 15) is 4.79 Å². The lowest BCUT2D eigenvalue weighted by Gasteiger charge is -2.10. The summed E-state index contributed by atoms with van der Waals surface area (Å²) >= 11 is 0. The Balaban J connectivity index is 1.79. The molecule has 0 aliphatic rings. The number of carbonyl (C=O) groups is 1. The van der Waals surface area contributed by atoms with Gasteiger partial charge in [-0.15, -0.1) is 0 Å². The summed E-state index contributed by atoms with van der Waals surface area (Å²) in [5, 5.41) is 0. The Morgan fingerprint density at radius 3 is 2.03 bits per heavy atom. The molecule has 3 heteroatoms. The average Bonchev–Trinajstić information content (AvgIpc) is 2.77. The van der Waals surface area contributed by atoms with E-state index in [-0.39, 0.29) is 5.97 Å². The van der Waals surface area contributed by atoms with Crippen LogP contribution in [0.1, 0.15) is 76.1 Å². The first kappa shape index (κ1) is 23.0. The Hall–Kier alpha value is -2.29. The zero-order valence-electron chi connectivity index (χ0n) is 18.3. The molecular weight excluding hydrogens is 360 g/mol. The van der Waals surface area contributed by atoms with Crippen molar-refractivity contribution in [2.24, 2.45) is 5.92 Å². The van der Waals surface area contributed by atoms with Crippen molar-refractivity contribution in [3.8, 4) is 16.9 Å². The van der Waals surface area contributed by atoms with Gasteiger partial charge in [0, 0.05) is 0 Å². The van der Waals surface area contributed by atoms with E-state index in [1.165, 1.54) is 32.1 Å². The topological polar surface area (TPSA) is 35.5 Å². The Kier molecular flexibility index (Phi) is 10.3. The van der Waals surface area contributed by atoms with Crippen LogP contribution in [0.2, 0.25) is 0 Å². The molecule has 2 aromatic carbocycles. The molecule has 0 fully saturated rings. The zero-order chi connectivity index (χ0) is 20.9. The molecule has 0 amide bonds. The van der Waals surface area contributed by atoms with Gasteiger partial charge in [-0.3, -0.25) is 0 Å². The van der Waals surface area contributed by atoms with Crippen molar-refractivity contribution in [1.82, 2.24) is 0 Å². The highest BCUT2D eigenvalue weighted by Crippen LogP contribution is 2.23. The third kappa shape index (κ3) is 8.31. The molecule has 158 valence electrons. The van der Waals surface area contributed by atoms with Gasteiger partial charge in [0.2, 0.25) is 0 Å². The molecule has 0 aliphatic heterocycles. The van der Waals surface area contributed by atoms with E-state index in [1.807, 2.05) is 36.4 Å². The fraction of sp³-hybridized carbons (Fsp3) is 0.500. The van der Waals surface area contributed by atoms with Crippen molar-refractivity contribution in [2.75, 3.05) is 13.2 Å². The number of benzene rings is 2. The van der Waals surface area contributed by atoms with Gasteiger partial charge in [-0.25, -0.2) is 4.79 Å². The smallest absolute Gasteiger partial charge is 0.338 e. The van der Waals surface area contributed by atoms with Gasteiger partial charge >= 0.3 is 5.97 Å². The Labute approximate surface area is 176 Å². The second-order valence-electron chi connectivity index (χ2n) is 7.83. The minimum atomic E-state index is -0.254. The first-order chi connectivity index (χ1) is 14.1. The van der Waals surface area contributed by atoms with Crippen LogP contribution in [0.4, 0.5) is 0 Å². The number of carbonyl (C=O) groups excluding carboxylic acids is 1. The first-order valence-corrected chi connectivity index (χ1v) is 11.1. The molecule has 0 aromatic heterocycles. The lowest BCUT2D eigenvalue weighted by atomic mass is 10.0. The second-order valence-corrected chi connectivity index (χ2v) is 7.83. The number of rotatable bonds is 13. The molecule has 3 nitrogen and oxygen atoms in total. The van der Waals surface area contributed by atoms with Crippen LogP contribution in [0.15, 0.2) is 48.5 Å². The third-order valence-electron chi connectivity index (χ3n) is 5.27. The molecule has 2 aromatic rings. The molecule has 0 saturated heterocycles. The van der Waals surface area contributed by atoms with Crippen LogP contribution in [0, 0.1) is 5.92 Å². The largest absolute Gasteiger partial charge is 0.494 e. The molecule has 0 bridgehead atoms. The number of hydrogen-bond acceptors (Lipinski definition) is 3. The van der Waals surface area contributed by atoms with Crippen molar-refractivity contribution < 1.29 is 14.3 Å². The minimum absolute atomic E-state index is 0.254. The Morgan fingerprint density at radius 1 is 0.828 bits per heavy atom. The van der Waals surface area contributed by atoms with Crippen molar-refractivity contribution in [2.45, 2.75) is 65.7 Å². The highest BCUT2D eigenvalue weighted by Gasteiger charge is 2.09.